The van der Waals surface area contributed by atoms with Crippen LogP contribution in [0.3, 0.4) is 0 Å². The molecule has 1 aromatic carbocycles. The highest BCUT2D eigenvalue weighted by Gasteiger charge is 2.18. The standard InChI is InChI=1S/C10H13ClN2/c11-8-2-1-3-10(6-8)13-5-4-9(12)7-13/h1-3,6,9H,4-5,7,12H2. The van der Waals surface area contributed by atoms with Crippen LogP contribution < -0.4 is 10.6 Å². The third kappa shape index (κ3) is 1.95. The van der Waals surface area contributed by atoms with Gasteiger partial charge in [-0.1, -0.05) is 17.7 Å². The van der Waals surface area contributed by atoms with Gasteiger partial charge in [0, 0.05) is 29.8 Å². The normalized spacial score (nSPS) is 22.3. The van der Waals surface area contributed by atoms with Gasteiger partial charge < -0.3 is 10.6 Å². The van der Waals surface area contributed by atoms with Gasteiger partial charge in [0.25, 0.3) is 0 Å². The van der Waals surface area contributed by atoms with Crippen molar-refractivity contribution < 1.29 is 0 Å². The van der Waals surface area contributed by atoms with Crippen molar-refractivity contribution in [1.29, 1.82) is 0 Å². The summed E-state index contributed by atoms with van der Waals surface area (Å²) in [6.45, 7) is 1.99. The summed E-state index contributed by atoms with van der Waals surface area (Å²) >= 11 is 5.90. The predicted molar refractivity (Wildman–Crippen MR) is 56.3 cm³/mol. The van der Waals surface area contributed by atoms with Gasteiger partial charge in [-0.15, -0.1) is 0 Å². The lowest BCUT2D eigenvalue weighted by Crippen LogP contribution is -2.26. The predicted octanol–water partition coefficient (Wildman–Crippen LogP) is 1.88. The minimum absolute atomic E-state index is 0.319. The van der Waals surface area contributed by atoms with E-state index >= 15 is 0 Å². The molecule has 2 N–H and O–H groups in total. The van der Waals surface area contributed by atoms with Crippen molar-refractivity contribution in [3.63, 3.8) is 0 Å². The van der Waals surface area contributed by atoms with E-state index in [1.165, 1.54) is 5.69 Å². The minimum Gasteiger partial charge on any atom is -0.370 e. The first-order valence-corrected chi connectivity index (χ1v) is 4.89. The molecule has 13 heavy (non-hydrogen) atoms. The third-order valence-electron chi connectivity index (χ3n) is 2.40. The van der Waals surface area contributed by atoms with E-state index in [2.05, 4.69) is 11.0 Å². The molecule has 0 aliphatic carbocycles. The Balaban J connectivity index is 2.16. The van der Waals surface area contributed by atoms with Gasteiger partial charge in [-0.05, 0) is 24.6 Å². The molecule has 0 amide bonds. The maximum Gasteiger partial charge on any atom is 0.0426 e. The quantitative estimate of drug-likeness (QED) is 0.743. The molecule has 1 saturated heterocycles. The van der Waals surface area contributed by atoms with Gasteiger partial charge in [-0.2, -0.15) is 0 Å². The number of nitrogens with two attached hydrogens (primary N) is 1. The van der Waals surface area contributed by atoms with Crippen LogP contribution in [0.2, 0.25) is 5.02 Å². The Morgan fingerprint density at radius 3 is 2.92 bits per heavy atom. The second kappa shape index (κ2) is 3.56. The lowest BCUT2D eigenvalue weighted by molar-refractivity contribution is 0.752. The Labute approximate surface area is 83.3 Å². The van der Waals surface area contributed by atoms with Crippen LogP contribution in [0.15, 0.2) is 24.3 Å². The molecule has 1 atom stereocenters. The fraction of sp³-hybridized carbons (Fsp3) is 0.400. The molecule has 1 aliphatic heterocycles. The van der Waals surface area contributed by atoms with E-state index in [1.54, 1.807) is 0 Å². The smallest absolute Gasteiger partial charge is 0.0426 e. The van der Waals surface area contributed by atoms with Crippen molar-refractivity contribution in [2.75, 3.05) is 18.0 Å². The highest BCUT2D eigenvalue weighted by molar-refractivity contribution is 6.30. The van der Waals surface area contributed by atoms with E-state index in [1.807, 2.05) is 18.2 Å². The number of rotatable bonds is 1. The average Bonchev–Trinajstić information content (AvgIpc) is 2.52. The Kier molecular flexibility index (Phi) is 2.42. The average molecular weight is 197 g/mol. The number of anilines is 1. The van der Waals surface area contributed by atoms with Crippen molar-refractivity contribution in [1.82, 2.24) is 0 Å². The van der Waals surface area contributed by atoms with Gasteiger partial charge >= 0.3 is 0 Å². The topological polar surface area (TPSA) is 29.3 Å². The zero-order chi connectivity index (χ0) is 9.26. The van der Waals surface area contributed by atoms with Gasteiger partial charge in [-0.25, -0.2) is 0 Å². The van der Waals surface area contributed by atoms with E-state index in [0.717, 1.165) is 24.5 Å². The summed E-state index contributed by atoms with van der Waals surface area (Å²) in [5.41, 5.74) is 7.01. The number of hydrogen-bond acceptors (Lipinski definition) is 2. The molecule has 3 heteroatoms. The molecule has 70 valence electrons. The lowest BCUT2D eigenvalue weighted by atomic mass is 10.3. The van der Waals surface area contributed by atoms with Crippen molar-refractivity contribution in [2.45, 2.75) is 12.5 Å². The van der Waals surface area contributed by atoms with Crippen molar-refractivity contribution in [3.8, 4) is 0 Å². The summed E-state index contributed by atoms with van der Waals surface area (Å²) < 4.78 is 0. The first-order valence-electron chi connectivity index (χ1n) is 4.52. The fourth-order valence-electron chi connectivity index (χ4n) is 1.69. The molecule has 0 spiro atoms. The van der Waals surface area contributed by atoms with Crippen molar-refractivity contribution in [3.05, 3.63) is 29.3 Å². The first-order chi connectivity index (χ1) is 6.25. The first kappa shape index (κ1) is 8.85. The molecule has 2 rings (SSSR count). The van der Waals surface area contributed by atoms with E-state index in [-0.39, 0.29) is 0 Å². The van der Waals surface area contributed by atoms with Crippen LogP contribution in [0, 0.1) is 0 Å². The van der Waals surface area contributed by atoms with E-state index in [9.17, 15) is 0 Å². The molecule has 0 saturated carbocycles. The molecular weight excluding hydrogens is 184 g/mol. The Bertz CT molecular complexity index is 301. The minimum atomic E-state index is 0.319. The van der Waals surface area contributed by atoms with Crippen LogP contribution in [0.4, 0.5) is 5.69 Å². The van der Waals surface area contributed by atoms with Crippen LogP contribution in [-0.4, -0.2) is 19.1 Å². The Hall–Kier alpha value is -0.730. The van der Waals surface area contributed by atoms with Crippen molar-refractivity contribution >= 4 is 17.3 Å². The second-order valence-electron chi connectivity index (χ2n) is 3.47. The molecule has 0 radical (unpaired) electrons. The van der Waals surface area contributed by atoms with Crippen molar-refractivity contribution in [2.24, 2.45) is 5.73 Å². The van der Waals surface area contributed by atoms with Gasteiger partial charge in [0.1, 0.15) is 0 Å². The Morgan fingerprint density at radius 1 is 1.46 bits per heavy atom. The van der Waals surface area contributed by atoms with Crippen LogP contribution in [0.25, 0.3) is 0 Å². The van der Waals surface area contributed by atoms with Gasteiger partial charge in [0.2, 0.25) is 0 Å². The second-order valence-corrected chi connectivity index (χ2v) is 3.91. The molecule has 1 fully saturated rings. The summed E-state index contributed by atoms with van der Waals surface area (Å²) in [7, 11) is 0. The summed E-state index contributed by atoms with van der Waals surface area (Å²) in [4.78, 5) is 2.27. The molecule has 0 aromatic heterocycles. The zero-order valence-corrected chi connectivity index (χ0v) is 8.17. The Morgan fingerprint density at radius 2 is 2.31 bits per heavy atom. The van der Waals surface area contributed by atoms with Gasteiger partial charge in [-0.3, -0.25) is 0 Å². The van der Waals surface area contributed by atoms with Gasteiger partial charge in [0.05, 0.1) is 0 Å². The molecular formula is C10H13ClN2. The molecule has 2 nitrogen and oxygen atoms in total. The lowest BCUT2D eigenvalue weighted by Gasteiger charge is -2.17. The van der Waals surface area contributed by atoms with Gasteiger partial charge in [0.15, 0.2) is 0 Å². The zero-order valence-electron chi connectivity index (χ0n) is 7.41. The summed E-state index contributed by atoms with van der Waals surface area (Å²) in [5, 5.41) is 0.790. The number of halogens is 1. The van der Waals surface area contributed by atoms with Crippen LogP contribution in [-0.2, 0) is 0 Å². The molecule has 1 heterocycles. The monoisotopic (exact) mass is 196 g/mol. The SMILES string of the molecule is NC1CCN(c2cccc(Cl)c2)C1. The maximum absolute atomic E-state index is 5.90. The summed E-state index contributed by atoms with van der Waals surface area (Å²) in [6, 6.07) is 8.24. The van der Waals surface area contributed by atoms with E-state index < -0.39 is 0 Å². The highest BCUT2D eigenvalue weighted by Crippen LogP contribution is 2.22. The van der Waals surface area contributed by atoms with E-state index in [4.69, 9.17) is 17.3 Å². The van der Waals surface area contributed by atoms with Crippen LogP contribution in [0.5, 0.6) is 0 Å². The summed E-state index contributed by atoms with van der Waals surface area (Å²) in [5.74, 6) is 0. The maximum atomic E-state index is 5.90. The molecule has 0 bridgehead atoms. The fourth-order valence-corrected chi connectivity index (χ4v) is 1.88. The number of benzene rings is 1. The largest absolute Gasteiger partial charge is 0.370 e. The summed E-state index contributed by atoms with van der Waals surface area (Å²) in [6.07, 6.45) is 1.08. The van der Waals surface area contributed by atoms with E-state index in [0.29, 0.717) is 6.04 Å². The third-order valence-corrected chi connectivity index (χ3v) is 2.63. The number of nitrogens with zero attached hydrogens (tertiary/aromatic N) is 1. The number of hydrogen-bond donors (Lipinski definition) is 1. The van der Waals surface area contributed by atoms with Crippen LogP contribution in [0.1, 0.15) is 6.42 Å². The molecule has 1 unspecified atom stereocenters. The molecule has 1 aliphatic rings. The molecule has 1 aromatic rings. The highest BCUT2D eigenvalue weighted by atomic mass is 35.5. The van der Waals surface area contributed by atoms with Crippen LogP contribution >= 0.6 is 11.6 Å².